The Labute approximate surface area is 99.1 Å². The van der Waals surface area contributed by atoms with Crippen molar-refractivity contribution in [1.29, 1.82) is 5.26 Å². The Kier molecular flexibility index (Phi) is 7.20. The Morgan fingerprint density at radius 3 is 2.50 bits per heavy atom. The van der Waals surface area contributed by atoms with Gasteiger partial charge in [0.15, 0.2) is 0 Å². The van der Waals surface area contributed by atoms with Crippen LogP contribution in [-0.4, -0.2) is 35.7 Å². The van der Waals surface area contributed by atoms with E-state index in [1.807, 2.05) is 0 Å². The maximum atomic E-state index is 9.08. The van der Waals surface area contributed by atoms with Gasteiger partial charge in [0, 0.05) is 19.0 Å². The lowest BCUT2D eigenvalue weighted by Crippen LogP contribution is -2.39. The fraction of sp³-hybridized carbons (Fsp3) is 0.923. The van der Waals surface area contributed by atoms with Gasteiger partial charge in [0.05, 0.1) is 12.7 Å². The van der Waals surface area contributed by atoms with Crippen LogP contribution in [0.2, 0.25) is 0 Å². The zero-order valence-electron chi connectivity index (χ0n) is 10.2. The molecule has 0 atom stereocenters. The highest BCUT2D eigenvalue weighted by atomic mass is 16.3. The quantitative estimate of drug-likeness (QED) is 0.675. The highest BCUT2D eigenvalue weighted by Gasteiger charge is 2.19. The molecular weight excluding hydrogens is 200 g/mol. The van der Waals surface area contributed by atoms with E-state index in [0.29, 0.717) is 12.5 Å². The highest BCUT2D eigenvalue weighted by molar-refractivity contribution is 4.76. The topological polar surface area (TPSA) is 47.3 Å². The fourth-order valence-corrected chi connectivity index (χ4v) is 2.57. The summed E-state index contributed by atoms with van der Waals surface area (Å²) in [5.41, 5.74) is 0. The van der Waals surface area contributed by atoms with Gasteiger partial charge in [0.25, 0.3) is 0 Å². The van der Waals surface area contributed by atoms with E-state index >= 15 is 0 Å². The van der Waals surface area contributed by atoms with Crippen LogP contribution in [-0.2, 0) is 0 Å². The van der Waals surface area contributed by atoms with Gasteiger partial charge in [-0.15, -0.1) is 0 Å². The number of hydrogen-bond acceptors (Lipinski definition) is 3. The van der Waals surface area contributed by atoms with E-state index in [-0.39, 0.29) is 6.61 Å². The van der Waals surface area contributed by atoms with E-state index < -0.39 is 0 Å². The molecule has 0 bridgehead atoms. The van der Waals surface area contributed by atoms with Crippen LogP contribution >= 0.6 is 0 Å². The van der Waals surface area contributed by atoms with Crippen LogP contribution in [0, 0.1) is 11.3 Å². The number of unbranched alkanes of at least 4 members (excludes halogenated alkanes) is 2. The van der Waals surface area contributed by atoms with E-state index in [0.717, 1.165) is 25.9 Å². The van der Waals surface area contributed by atoms with Gasteiger partial charge in [-0.2, -0.15) is 5.26 Å². The molecule has 0 radical (unpaired) electrons. The van der Waals surface area contributed by atoms with Crippen LogP contribution in [0.15, 0.2) is 0 Å². The summed E-state index contributed by atoms with van der Waals surface area (Å²) in [5, 5.41) is 17.6. The average Bonchev–Trinajstić information content (AvgIpc) is 2.34. The van der Waals surface area contributed by atoms with Crippen molar-refractivity contribution in [3.8, 4) is 6.07 Å². The molecule has 0 aromatic rings. The molecule has 1 rings (SSSR count). The molecule has 1 aliphatic carbocycles. The summed E-state index contributed by atoms with van der Waals surface area (Å²) in [5.74, 6) is 0. The SMILES string of the molecule is N#CCCCCN(CCO)C1CCCCC1. The molecule has 1 N–H and O–H groups in total. The number of rotatable bonds is 7. The van der Waals surface area contributed by atoms with Gasteiger partial charge in [0.1, 0.15) is 0 Å². The van der Waals surface area contributed by atoms with E-state index in [4.69, 9.17) is 10.4 Å². The van der Waals surface area contributed by atoms with Crippen molar-refractivity contribution in [3.05, 3.63) is 0 Å². The lowest BCUT2D eigenvalue weighted by Gasteiger charge is -2.33. The second kappa shape index (κ2) is 8.55. The van der Waals surface area contributed by atoms with Crippen LogP contribution in [0.4, 0.5) is 0 Å². The first-order valence-corrected chi connectivity index (χ1v) is 6.60. The van der Waals surface area contributed by atoms with Crippen LogP contribution in [0.25, 0.3) is 0 Å². The third-order valence-electron chi connectivity index (χ3n) is 3.46. The van der Waals surface area contributed by atoms with E-state index in [1.54, 1.807) is 0 Å². The third kappa shape index (κ3) is 4.96. The number of nitrogens with zero attached hydrogens (tertiary/aromatic N) is 2. The molecule has 92 valence electrons. The van der Waals surface area contributed by atoms with E-state index in [2.05, 4.69) is 11.0 Å². The molecule has 0 heterocycles. The average molecular weight is 224 g/mol. The van der Waals surface area contributed by atoms with E-state index in [9.17, 15) is 0 Å². The van der Waals surface area contributed by atoms with Crippen LogP contribution in [0.1, 0.15) is 51.4 Å². The first-order chi connectivity index (χ1) is 7.88. The molecule has 3 heteroatoms. The van der Waals surface area contributed by atoms with Crippen LogP contribution in [0.3, 0.4) is 0 Å². The molecule has 0 aromatic heterocycles. The largest absolute Gasteiger partial charge is 0.395 e. The Morgan fingerprint density at radius 2 is 1.88 bits per heavy atom. The number of aliphatic hydroxyl groups is 1. The minimum absolute atomic E-state index is 0.259. The first kappa shape index (κ1) is 13.5. The molecule has 3 nitrogen and oxygen atoms in total. The second-order valence-electron chi connectivity index (χ2n) is 4.67. The van der Waals surface area contributed by atoms with Crippen LogP contribution in [0.5, 0.6) is 0 Å². The van der Waals surface area contributed by atoms with Gasteiger partial charge in [-0.3, -0.25) is 4.90 Å². The van der Waals surface area contributed by atoms with Crippen molar-refractivity contribution in [2.75, 3.05) is 19.7 Å². The van der Waals surface area contributed by atoms with Gasteiger partial charge in [0.2, 0.25) is 0 Å². The lowest BCUT2D eigenvalue weighted by atomic mass is 9.94. The molecule has 0 unspecified atom stereocenters. The zero-order valence-corrected chi connectivity index (χ0v) is 10.2. The summed E-state index contributed by atoms with van der Waals surface area (Å²) < 4.78 is 0. The molecule has 1 saturated carbocycles. The molecule has 0 saturated heterocycles. The highest BCUT2D eigenvalue weighted by Crippen LogP contribution is 2.22. The molecule has 0 aromatic carbocycles. The maximum Gasteiger partial charge on any atom is 0.0621 e. The molecule has 16 heavy (non-hydrogen) atoms. The Balaban J connectivity index is 2.25. The van der Waals surface area contributed by atoms with E-state index in [1.165, 1.54) is 32.1 Å². The monoisotopic (exact) mass is 224 g/mol. The predicted molar refractivity (Wildman–Crippen MR) is 65.0 cm³/mol. The minimum atomic E-state index is 0.259. The first-order valence-electron chi connectivity index (χ1n) is 6.60. The summed E-state index contributed by atoms with van der Waals surface area (Å²) in [4.78, 5) is 2.43. The molecule has 0 aliphatic heterocycles. The second-order valence-corrected chi connectivity index (χ2v) is 4.67. The molecular formula is C13H24N2O. The third-order valence-corrected chi connectivity index (χ3v) is 3.46. The number of nitriles is 1. The summed E-state index contributed by atoms with van der Waals surface area (Å²) >= 11 is 0. The van der Waals surface area contributed by atoms with Crippen molar-refractivity contribution in [2.24, 2.45) is 0 Å². The summed E-state index contributed by atoms with van der Waals surface area (Å²) in [6.07, 6.45) is 9.37. The number of aliphatic hydroxyl groups excluding tert-OH is 1. The lowest BCUT2D eigenvalue weighted by molar-refractivity contribution is 0.122. The standard InChI is InChI=1S/C13H24N2O/c14-9-5-2-6-10-15(11-12-16)13-7-3-1-4-8-13/h13,16H,1-8,10-12H2. The molecule has 0 spiro atoms. The normalized spacial score (nSPS) is 17.6. The summed E-state index contributed by atoms with van der Waals surface area (Å²) in [7, 11) is 0. The van der Waals surface area contributed by atoms with Gasteiger partial charge < -0.3 is 5.11 Å². The van der Waals surface area contributed by atoms with Crippen molar-refractivity contribution < 1.29 is 5.11 Å². The zero-order chi connectivity index (χ0) is 11.6. The fourth-order valence-electron chi connectivity index (χ4n) is 2.57. The molecule has 1 fully saturated rings. The Bertz CT molecular complexity index is 206. The van der Waals surface area contributed by atoms with Crippen molar-refractivity contribution in [2.45, 2.75) is 57.4 Å². The Hall–Kier alpha value is -0.590. The van der Waals surface area contributed by atoms with Crippen molar-refractivity contribution >= 4 is 0 Å². The van der Waals surface area contributed by atoms with Gasteiger partial charge >= 0.3 is 0 Å². The van der Waals surface area contributed by atoms with Gasteiger partial charge in [-0.05, 0) is 32.2 Å². The predicted octanol–water partition coefficient (Wildman–Crippen LogP) is 2.31. The van der Waals surface area contributed by atoms with Crippen LogP contribution < -0.4 is 0 Å². The Morgan fingerprint density at radius 1 is 1.12 bits per heavy atom. The molecule has 0 amide bonds. The smallest absolute Gasteiger partial charge is 0.0621 e. The van der Waals surface area contributed by atoms with Gasteiger partial charge in [-0.25, -0.2) is 0 Å². The summed E-state index contributed by atoms with van der Waals surface area (Å²) in [6, 6.07) is 2.87. The van der Waals surface area contributed by atoms with Crippen molar-refractivity contribution in [3.63, 3.8) is 0 Å². The van der Waals surface area contributed by atoms with Gasteiger partial charge in [-0.1, -0.05) is 19.3 Å². The summed E-state index contributed by atoms with van der Waals surface area (Å²) in [6.45, 7) is 2.11. The maximum absolute atomic E-state index is 9.08. The van der Waals surface area contributed by atoms with Crippen molar-refractivity contribution in [1.82, 2.24) is 4.90 Å². The molecule has 1 aliphatic rings. The number of hydrogen-bond donors (Lipinski definition) is 1. The minimum Gasteiger partial charge on any atom is -0.395 e.